The van der Waals surface area contributed by atoms with Gasteiger partial charge in [0, 0.05) is 29.6 Å². The Morgan fingerprint density at radius 1 is 1.19 bits per heavy atom. The first-order valence-corrected chi connectivity index (χ1v) is 6.66. The van der Waals surface area contributed by atoms with Crippen molar-refractivity contribution in [1.29, 1.82) is 0 Å². The van der Waals surface area contributed by atoms with Crippen molar-refractivity contribution in [2.75, 3.05) is 6.54 Å². The van der Waals surface area contributed by atoms with Crippen LogP contribution in [0.1, 0.15) is 51.4 Å². The number of hydrogen-bond acceptors (Lipinski definition) is 3. The summed E-state index contributed by atoms with van der Waals surface area (Å²) in [7, 11) is 0. The average molecular weight is 240 g/mol. The van der Waals surface area contributed by atoms with Crippen LogP contribution >= 0.6 is 11.3 Å². The van der Waals surface area contributed by atoms with Gasteiger partial charge in [0.1, 0.15) is 0 Å². The maximum atomic E-state index is 4.48. The molecule has 0 bridgehead atoms. The Bertz CT molecular complexity index is 328. The van der Waals surface area contributed by atoms with Crippen LogP contribution in [0.15, 0.2) is 6.20 Å². The van der Waals surface area contributed by atoms with Gasteiger partial charge in [-0.05, 0) is 5.41 Å². The van der Waals surface area contributed by atoms with E-state index in [-0.39, 0.29) is 5.41 Å². The van der Waals surface area contributed by atoms with Crippen molar-refractivity contribution in [3.63, 3.8) is 0 Å². The third-order valence-electron chi connectivity index (χ3n) is 2.15. The van der Waals surface area contributed by atoms with Crippen LogP contribution in [0.5, 0.6) is 0 Å². The fourth-order valence-electron chi connectivity index (χ4n) is 1.30. The second-order valence-electron chi connectivity index (χ2n) is 6.55. The van der Waals surface area contributed by atoms with Gasteiger partial charge in [0.2, 0.25) is 0 Å². The summed E-state index contributed by atoms with van der Waals surface area (Å²) in [5.74, 6) is 0. The van der Waals surface area contributed by atoms with Crippen molar-refractivity contribution in [1.82, 2.24) is 10.3 Å². The first-order chi connectivity index (χ1) is 7.18. The van der Waals surface area contributed by atoms with Crippen LogP contribution in [0.25, 0.3) is 0 Å². The van der Waals surface area contributed by atoms with E-state index in [1.165, 1.54) is 9.88 Å². The molecule has 0 atom stereocenters. The zero-order chi connectivity index (χ0) is 12.4. The highest BCUT2D eigenvalue weighted by molar-refractivity contribution is 7.11. The highest BCUT2D eigenvalue weighted by atomic mass is 32.1. The second-order valence-corrected chi connectivity index (χ2v) is 7.66. The number of rotatable bonds is 3. The summed E-state index contributed by atoms with van der Waals surface area (Å²) in [5, 5.41) is 4.70. The minimum atomic E-state index is 0.174. The lowest BCUT2D eigenvalue weighted by molar-refractivity contribution is 0.380. The van der Waals surface area contributed by atoms with Gasteiger partial charge in [-0.1, -0.05) is 41.5 Å². The normalized spacial score (nSPS) is 13.1. The Balaban J connectivity index is 2.48. The molecule has 0 unspecified atom stereocenters. The molecule has 1 aromatic heterocycles. The van der Waals surface area contributed by atoms with E-state index in [1.807, 2.05) is 17.5 Å². The Morgan fingerprint density at radius 2 is 1.81 bits per heavy atom. The zero-order valence-electron chi connectivity index (χ0n) is 11.3. The van der Waals surface area contributed by atoms with E-state index in [2.05, 4.69) is 51.8 Å². The number of nitrogens with zero attached hydrogens (tertiary/aromatic N) is 1. The summed E-state index contributed by atoms with van der Waals surface area (Å²) in [5.41, 5.74) is 0.518. The first-order valence-electron chi connectivity index (χ1n) is 5.84. The van der Waals surface area contributed by atoms with Gasteiger partial charge < -0.3 is 5.32 Å². The molecule has 0 aromatic carbocycles. The molecule has 0 fully saturated rings. The van der Waals surface area contributed by atoms with Crippen molar-refractivity contribution in [3.8, 4) is 0 Å². The standard InChI is InChI=1S/C13H24N2S/c1-12(2,3)9-14-7-10-8-15-11(16-10)13(4,5)6/h8,14H,7,9H2,1-6H3. The second kappa shape index (κ2) is 4.84. The van der Waals surface area contributed by atoms with Gasteiger partial charge in [0.25, 0.3) is 0 Å². The molecule has 0 radical (unpaired) electrons. The summed E-state index contributed by atoms with van der Waals surface area (Å²) in [6, 6.07) is 0. The first kappa shape index (κ1) is 13.7. The minimum Gasteiger partial charge on any atom is -0.311 e. The van der Waals surface area contributed by atoms with Crippen LogP contribution in [0.4, 0.5) is 0 Å². The predicted octanol–water partition coefficient (Wildman–Crippen LogP) is 3.58. The molecule has 1 N–H and O–H groups in total. The summed E-state index contributed by atoms with van der Waals surface area (Å²) in [4.78, 5) is 5.81. The zero-order valence-corrected chi connectivity index (χ0v) is 12.2. The van der Waals surface area contributed by atoms with E-state index < -0.39 is 0 Å². The third-order valence-corrected chi connectivity index (χ3v) is 3.57. The maximum absolute atomic E-state index is 4.48. The van der Waals surface area contributed by atoms with Crippen LogP contribution < -0.4 is 5.32 Å². The van der Waals surface area contributed by atoms with E-state index in [0.717, 1.165) is 13.1 Å². The van der Waals surface area contributed by atoms with E-state index in [1.54, 1.807) is 0 Å². The Morgan fingerprint density at radius 3 is 2.25 bits per heavy atom. The van der Waals surface area contributed by atoms with Crippen molar-refractivity contribution < 1.29 is 0 Å². The molecule has 0 aliphatic heterocycles. The van der Waals surface area contributed by atoms with Gasteiger partial charge >= 0.3 is 0 Å². The molecule has 16 heavy (non-hydrogen) atoms. The minimum absolute atomic E-state index is 0.174. The molecule has 0 saturated carbocycles. The Labute approximate surface area is 103 Å². The monoisotopic (exact) mass is 240 g/mol. The smallest absolute Gasteiger partial charge is 0.0981 e. The lowest BCUT2D eigenvalue weighted by atomic mass is 9.97. The van der Waals surface area contributed by atoms with Crippen LogP contribution in [-0.4, -0.2) is 11.5 Å². The van der Waals surface area contributed by atoms with Crippen molar-refractivity contribution >= 4 is 11.3 Å². The average Bonchev–Trinajstić information content (AvgIpc) is 2.49. The molecule has 0 aliphatic rings. The van der Waals surface area contributed by atoms with E-state index in [9.17, 15) is 0 Å². The third kappa shape index (κ3) is 4.62. The molecule has 1 heterocycles. The molecule has 92 valence electrons. The molecule has 0 spiro atoms. The van der Waals surface area contributed by atoms with Gasteiger partial charge in [-0.2, -0.15) is 0 Å². The highest BCUT2D eigenvalue weighted by Gasteiger charge is 2.18. The molecule has 0 saturated heterocycles. The number of thiazole rings is 1. The van der Waals surface area contributed by atoms with E-state index >= 15 is 0 Å². The summed E-state index contributed by atoms with van der Waals surface area (Å²) < 4.78 is 0. The van der Waals surface area contributed by atoms with Crippen molar-refractivity contribution in [3.05, 3.63) is 16.1 Å². The summed E-state index contributed by atoms with van der Waals surface area (Å²) >= 11 is 1.82. The SMILES string of the molecule is CC(C)(C)CNCc1cnc(C(C)(C)C)s1. The van der Waals surface area contributed by atoms with Gasteiger partial charge in [0.05, 0.1) is 5.01 Å². The number of hydrogen-bond donors (Lipinski definition) is 1. The topological polar surface area (TPSA) is 24.9 Å². The van der Waals surface area contributed by atoms with E-state index in [4.69, 9.17) is 0 Å². The highest BCUT2D eigenvalue weighted by Crippen LogP contribution is 2.26. The van der Waals surface area contributed by atoms with Gasteiger partial charge in [0.15, 0.2) is 0 Å². The lowest BCUT2D eigenvalue weighted by Crippen LogP contribution is -2.26. The van der Waals surface area contributed by atoms with E-state index in [0.29, 0.717) is 5.41 Å². The maximum Gasteiger partial charge on any atom is 0.0981 e. The van der Waals surface area contributed by atoms with Crippen molar-refractivity contribution in [2.45, 2.75) is 53.5 Å². The van der Waals surface area contributed by atoms with Crippen LogP contribution in [0, 0.1) is 5.41 Å². The molecule has 3 heteroatoms. The molecular weight excluding hydrogens is 216 g/mol. The van der Waals surface area contributed by atoms with Gasteiger partial charge in [-0.15, -0.1) is 11.3 Å². The van der Waals surface area contributed by atoms with Crippen LogP contribution in [0.3, 0.4) is 0 Å². The number of nitrogens with one attached hydrogen (secondary N) is 1. The van der Waals surface area contributed by atoms with Gasteiger partial charge in [-0.3, -0.25) is 0 Å². The Hall–Kier alpha value is -0.410. The fraction of sp³-hybridized carbons (Fsp3) is 0.769. The number of aromatic nitrogens is 1. The fourth-order valence-corrected chi connectivity index (χ4v) is 2.24. The van der Waals surface area contributed by atoms with Crippen LogP contribution in [0.2, 0.25) is 0 Å². The molecule has 1 rings (SSSR count). The predicted molar refractivity (Wildman–Crippen MR) is 72.0 cm³/mol. The van der Waals surface area contributed by atoms with Crippen molar-refractivity contribution in [2.24, 2.45) is 5.41 Å². The molecule has 1 aromatic rings. The summed E-state index contributed by atoms with van der Waals surface area (Å²) in [6.45, 7) is 15.3. The van der Waals surface area contributed by atoms with Gasteiger partial charge in [-0.25, -0.2) is 4.98 Å². The molecular formula is C13H24N2S. The Kier molecular flexibility index (Phi) is 4.13. The molecule has 0 aliphatic carbocycles. The molecule has 2 nitrogen and oxygen atoms in total. The summed E-state index contributed by atoms with van der Waals surface area (Å²) in [6.07, 6.45) is 2.00. The quantitative estimate of drug-likeness (QED) is 0.873. The van der Waals surface area contributed by atoms with Crippen LogP contribution in [-0.2, 0) is 12.0 Å². The molecule has 0 amide bonds. The lowest BCUT2D eigenvalue weighted by Gasteiger charge is -2.18. The largest absolute Gasteiger partial charge is 0.311 e.